The van der Waals surface area contributed by atoms with Gasteiger partial charge in [0, 0.05) is 17.6 Å². The summed E-state index contributed by atoms with van der Waals surface area (Å²) in [5.41, 5.74) is 0.818. The number of nitrogens with zero attached hydrogens (tertiary/aromatic N) is 5. The summed E-state index contributed by atoms with van der Waals surface area (Å²) in [6.07, 6.45) is -0.327. The number of benzene rings is 2. The average molecular weight is 442 g/mol. The van der Waals surface area contributed by atoms with E-state index in [9.17, 15) is 0 Å². The van der Waals surface area contributed by atoms with Crippen LogP contribution in [0.5, 0.6) is 11.5 Å². The molecule has 1 unspecified atom stereocenters. The van der Waals surface area contributed by atoms with Crippen LogP contribution in [0, 0.1) is 0 Å². The predicted octanol–water partition coefficient (Wildman–Crippen LogP) is 4.32. The summed E-state index contributed by atoms with van der Waals surface area (Å²) >= 11 is 7.37. The first-order valence-corrected chi connectivity index (χ1v) is 10.5. The van der Waals surface area contributed by atoms with E-state index in [1.54, 1.807) is 12.1 Å². The van der Waals surface area contributed by atoms with Crippen LogP contribution in [0.1, 0.15) is 17.8 Å². The van der Waals surface area contributed by atoms with Crippen LogP contribution >= 0.6 is 23.4 Å². The van der Waals surface area contributed by atoms with Crippen LogP contribution < -0.4 is 9.47 Å². The van der Waals surface area contributed by atoms with Gasteiger partial charge in [-0.15, -0.1) is 20.4 Å². The molecule has 0 fully saturated rings. The van der Waals surface area contributed by atoms with E-state index in [4.69, 9.17) is 25.5 Å². The first-order valence-electron chi connectivity index (χ1n) is 9.16. The highest BCUT2D eigenvalue weighted by Crippen LogP contribution is 2.36. The van der Waals surface area contributed by atoms with Gasteiger partial charge in [0.15, 0.2) is 28.6 Å². The fourth-order valence-corrected chi connectivity index (χ4v) is 3.91. The molecular formula is C20H16ClN5O3S. The van der Waals surface area contributed by atoms with Gasteiger partial charge in [-0.25, -0.2) is 0 Å². The smallest absolute Gasteiger partial charge is 0.247 e. The minimum atomic E-state index is -0.327. The molecule has 0 N–H and O–H groups in total. The molecule has 0 saturated carbocycles. The number of halogens is 1. The lowest BCUT2D eigenvalue weighted by Crippen LogP contribution is -2.24. The molecule has 30 heavy (non-hydrogen) atoms. The van der Waals surface area contributed by atoms with Gasteiger partial charge < -0.3 is 18.5 Å². The molecule has 1 atom stereocenters. The number of ether oxygens (including phenoxy) is 2. The second kappa shape index (κ2) is 8.00. The minimum absolute atomic E-state index is 0.327. The molecule has 3 heterocycles. The maximum Gasteiger partial charge on any atom is 0.247 e. The van der Waals surface area contributed by atoms with Crippen molar-refractivity contribution in [3.05, 3.63) is 65.3 Å². The standard InChI is InChI=1S/C20H16ClN5O3S/c1-26-18(16-10-27-14-4-2-3-5-15(14)28-16)23-25-20(26)30-11-17-22-24-19(29-17)12-6-8-13(21)9-7-12/h2-9,16H,10-11H2,1H3. The molecule has 2 aromatic carbocycles. The molecule has 0 radical (unpaired) electrons. The summed E-state index contributed by atoms with van der Waals surface area (Å²) in [7, 11) is 1.90. The van der Waals surface area contributed by atoms with E-state index in [0.29, 0.717) is 40.7 Å². The van der Waals surface area contributed by atoms with Crippen molar-refractivity contribution in [2.24, 2.45) is 7.05 Å². The Morgan fingerprint density at radius 1 is 1.03 bits per heavy atom. The molecule has 0 bridgehead atoms. The van der Waals surface area contributed by atoms with E-state index < -0.39 is 0 Å². The lowest BCUT2D eigenvalue weighted by atomic mass is 10.2. The molecule has 2 aromatic heterocycles. The highest BCUT2D eigenvalue weighted by Gasteiger charge is 2.27. The van der Waals surface area contributed by atoms with Gasteiger partial charge in [0.2, 0.25) is 11.8 Å². The van der Waals surface area contributed by atoms with Gasteiger partial charge in [-0.05, 0) is 36.4 Å². The molecule has 0 aliphatic carbocycles. The predicted molar refractivity (Wildman–Crippen MR) is 111 cm³/mol. The summed E-state index contributed by atoms with van der Waals surface area (Å²) in [5.74, 6) is 3.55. The van der Waals surface area contributed by atoms with Gasteiger partial charge in [0.25, 0.3) is 0 Å². The third-order valence-electron chi connectivity index (χ3n) is 4.55. The van der Waals surface area contributed by atoms with E-state index in [1.165, 1.54) is 11.8 Å². The van der Waals surface area contributed by atoms with Crippen LogP contribution in [0.25, 0.3) is 11.5 Å². The van der Waals surface area contributed by atoms with E-state index in [-0.39, 0.29) is 6.10 Å². The molecule has 0 amide bonds. The van der Waals surface area contributed by atoms with Gasteiger partial charge in [-0.2, -0.15) is 0 Å². The van der Waals surface area contributed by atoms with E-state index in [2.05, 4.69) is 20.4 Å². The lowest BCUT2D eigenvalue weighted by Gasteiger charge is -2.25. The van der Waals surface area contributed by atoms with Gasteiger partial charge in [0.05, 0.1) is 5.75 Å². The third kappa shape index (κ3) is 3.73. The fraction of sp³-hybridized carbons (Fsp3) is 0.200. The highest BCUT2D eigenvalue weighted by molar-refractivity contribution is 7.98. The Bertz CT molecular complexity index is 1180. The number of aromatic nitrogens is 5. The summed E-state index contributed by atoms with van der Waals surface area (Å²) in [5, 5.41) is 18.1. The molecule has 0 spiro atoms. The first kappa shape index (κ1) is 19.0. The van der Waals surface area contributed by atoms with Gasteiger partial charge in [0.1, 0.15) is 6.61 Å². The number of thioether (sulfide) groups is 1. The zero-order valence-corrected chi connectivity index (χ0v) is 17.4. The molecule has 5 rings (SSSR count). The maximum absolute atomic E-state index is 6.03. The van der Waals surface area contributed by atoms with Crippen molar-refractivity contribution in [3.8, 4) is 23.0 Å². The Morgan fingerprint density at radius 3 is 2.67 bits per heavy atom. The SMILES string of the molecule is Cn1c(SCc2nnc(-c3ccc(Cl)cc3)o2)nnc1C1COc2ccccc2O1. The number of hydrogen-bond acceptors (Lipinski definition) is 8. The largest absolute Gasteiger partial charge is 0.485 e. The van der Waals surface area contributed by atoms with Gasteiger partial charge in [-0.3, -0.25) is 0 Å². The zero-order chi connectivity index (χ0) is 20.5. The van der Waals surface area contributed by atoms with Crippen molar-refractivity contribution in [1.29, 1.82) is 0 Å². The van der Waals surface area contributed by atoms with E-state index >= 15 is 0 Å². The second-order valence-corrected chi connectivity index (χ2v) is 7.94. The Hall–Kier alpha value is -3.04. The Balaban J connectivity index is 1.26. The number of para-hydroxylation sites is 2. The van der Waals surface area contributed by atoms with E-state index in [0.717, 1.165) is 16.5 Å². The molecular weight excluding hydrogens is 426 g/mol. The summed E-state index contributed by atoms with van der Waals surface area (Å²) in [4.78, 5) is 0. The Kier molecular flexibility index (Phi) is 5.06. The van der Waals surface area contributed by atoms with Crippen molar-refractivity contribution in [3.63, 3.8) is 0 Å². The second-order valence-electron chi connectivity index (χ2n) is 6.56. The summed E-state index contributed by atoms with van der Waals surface area (Å²) in [6.45, 7) is 0.377. The van der Waals surface area contributed by atoms with Gasteiger partial charge >= 0.3 is 0 Å². The lowest BCUT2D eigenvalue weighted by molar-refractivity contribution is 0.0825. The van der Waals surface area contributed by atoms with Crippen molar-refractivity contribution >= 4 is 23.4 Å². The maximum atomic E-state index is 6.03. The van der Waals surface area contributed by atoms with Crippen molar-refractivity contribution in [2.75, 3.05) is 6.61 Å². The highest BCUT2D eigenvalue weighted by atomic mass is 35.5. The van der Waals surface area contributed by atoms with Crippen LogP contribution in [-0.4, -0.2) is 31.6 Å². The van der Waals surface area contributed by atoms with Crippen LogP contribution in [-0.2, 0) is 12.8 Å². The van der Waals surface area contributed by atoms with Gasteiger partial charge in [-0.1, -0.05) is 35.5 Å². The fourth-order valence-electron chi connectivity index (χ4n) is 3.03. The molecule has 1 aliphatic rings. The third-order valence-corrected chi connectivity index (χ3v) is 5.80. The van der Waals surface area contributed by atoms with E-state index in [1.807, 2.05) is 48.0 Å². The zero-order valence-electron chi connectivity index (χ0n) is 15.9. The normalized spacial score (nSPS) is 15.3. The van der Waals surface area contributed by atoms with Crippen molar-refractivity contribution in [1.82, 2.24) is 25.0 Å². The molecule has 0 saturated heterocycles. The first-order chi connectivity index (χ1) is 14.7. The molecule has 1 aliphatic heterocycles. The number of rotatable bonds is 5. The van der Waals surface area contributed by atoms with Crippen LogP contribution in [0.15, 0.2) is 58.1 Å². The molecule has 8 nitrogen and oxygen atoms in total. The van der Waals surface area contributed by atoms with Crippen molar-refractivity contribution in [2.45, 2.75) is 17.0 Å². The minimum Gasteiger partial charge on any atom is -0.485 e. The quantitative estimate of drug-likeness (QED) is 0.423. The Labute approximate surface area is 181 Å². The Morgan fingerprint density at radius 2 is 1.83 bits per heavy atom. The number of hydrogen-bond donors (Lipinski definition) is 0. The summed E-state index contributed by atoms with van der Waals surface area (Å²) < 4.78 is 19.4. The molecule has 152 valence electrons. The van der Waals surface area contributed by atoms with Crippen LogP contribution in [0.3, 0.4) is 0 Å². The monoisotopic (exact) mass is 441 g/mol. The number of fused-ring (bicyclic) bond motifs is 1. The molecule has 10 heteroatoms. The average Bonchev–Trinajstić information content (AvgIpc) is 3.39. The topological polar surface area (TPSA) is 88.1 Å². The summed E-state index contributed by atoms with van der Waals surface area (Å²) in [6, 6.07) is 14.8. The van der Waals surface area contributed by atoms with Crippen LogP contribution in [0.2, 0.25) is 5.02 Å². The van der Waals surface area contributed by atoms with Crippen LogP contribution in [0.4, 0.5) is 0 Å². The molecule has 4 aromatic rings. The van der Waals surface area contributed by atoms with Crippen molar-refractivity contribution < 1.29 is 13.9 Å².